The maximum Gasteiger partial charge on any atom is 0.416 e. The smallest absolute Gasteiger partial charge is 0.416 e. The molecule has 1 atom stereocenters. The minimum Gasteiger partial charge on any atom is -0.481 e. The van der Waals surface area contributed by atoms with Gasteiger partial charge >= 0.3 is 6.18 Å². The number of halogens is 3. The summed E-state index contributed by atoms with van der Waals surface area (Å²) in [6.45, 7) is 2.35. The number of para-hydroxylation sites is 1. The number of fused-ring (bicyclic) bond motifs is 1. The standard InChI is InChI=1S/C16H14F3NO/c1-10-4-2-7-13-15(10)21-14(9-20-13)11-5-3-6-12(8-11)16(17,18)19/h2-8,14,20H,9H2,1H3. The van der Waals surface area contributed by atoms with Crippen molar-refractivity contribution in [3.63, 3.8) is 0 Å². The molecule has 3 rings (SSSR count). The van der Waals surface area contributed by atoms with E-state index in [9.17, 15) is 13.2 Å². The van der Waals surface area contributed by atoms with E-state index in [1.807, 2.05) is 25.1 Å². The molecule has 110 valence electrons. The van der Waals surface area contributed by atoms with Crippen LogP contribution >= 0.6 is 0 Å². The molecule has 1 heterocycles. The van der Waals surface area contributed by atoms with Crippen LogP contribution in [0.25, 0.3) is 0 Å². The fourth-order valence-corrected chi connectivity index (χ4v) is 2.44. The number of benzene rings is 2. The molecule has 0 amide bonds. The van der Waals surface area contributed by atoms with Crippen LogP contribution in [0.2, 0.25) is 0 Å². The topological polar surface area (TPSA) is 21.3 Å². The Balaban J connectivity index is 1.91. The van der Waals surface area contributed by atoms with E-state index in [1.165, 1.54) is 6.07 Å². The molecule has 0 radical (unpaired) electrons. The Bertz CT molecular complexity index is 667. The Hall–Kier alpha value is -2.17. The van der Waals surface area contributed by atoms with Gasteiger partial charge in [-0.25, -0.2) is 0 Å². The van der Waals surface area contributed by atoms with E-state index < -0.39 is 17.8 Å². The number of rotatable bonds is 1. The quantitative estimate of drug-likeness (QED) is 0.832. The lowest BCUT2D eigenvalue weighted by Gasteiger charge is -2.29. The van der Waals surface area contributed by atoms with Gasteiger partial charge in [-0.2, -0.15) is 13.2 Å². The van der Waals surface area contributed by atoms with Gasteiger partial charge in [-0.15, -0.1) is 0 Å². The predicted octanol–water partition coefficient (Wildman–Crippen LogP) is 4.56. The highest BCUT2D eigenvalue weighted by Gasteiger charge is 2.31. The van der Waals surface area contributed by atoms with Crippen LogP contribution in [0, 0.1) is 6.92 Å². The van der Waals surface area contributed by atoms with Crippen LogP contribution in [0.1, 0.15) is 22.8 Å². The van der Waals surface area contributed by atoms with Gasteiger partial charge < -0.3 is 10.1 Å². The predicted molar refractivity (Wildman–Crippen MR) is 74.5 cm³/mol. The van der Waals surface area contributed by atoms with Crippen molar-refractivity contribution in [1.82, 2.24) is 0 Å². The van der Waals surface area contributed by atoms with Gasteiger partial charge in [0.2, 0.25) is 0 Å². The molecule has 1 N–H and O–H groups in total. The largest absolute Gasteiger partial charge is 0.481 e. The molecule has 0 saturated heterocycles. The minimum atomic E-state index is -4.34. The molecule has 1 unspecified atom stereocenters. The highest BCUT2D eigenvalue weighted by molar-refractivity contribution is 5.61. The van der Waals surface area contributed by atoms with Crippen LogP contribution in [0.3, 0.4) is 0 Å². The summed E-state index contributed by atoms with van der Waals surface area (Å²) in [4.78, 5) is 0. The first-order valence-corrected chi connectivity index (χ1v) is 6.62. The lowest BCUT2D eigenvalue weighted by molar-refractivity contribution is -0.137. The zero-order valence-electron chi connectivity index (χ0n) is 11.4. The second-order valence-corrected chi connectivity index (χ2v) is 5.06. The summed E-state index contributed by atoms with van der Waals surface area (Å²) in [5, 5.41) is 3.20. The van der Waals surface area contributed by atoms with Crippen LogP contribution in [0.15, 0.2) is 42.5 Å². The van der Waals surface area contributed by atoms with Gasteiger partial charge in [0.05, 0.1) is 17.8 Å². The van der Waals surface area contributed by atoms with Crippen molar-refractivity contribution < 1.29 is 17.9 Å². The molecule has 1 aliphatic rings. The normalized spacial score (nSPS) is 17.6. The van der Waals surface area contributed by atoms with Crippen molar-refractivity contribution >= 4 is 5.69 Å². The number of hydrogen-bond donors (Lipinski definition) is 1. The maximum absolute atomic E-state index is 12.8. The van der Waals surface area contributed by atoms with E-state index in [1.54, 1.807) is 6.07 Å². The monoisotopic (exact) mass is 293 g/mol. The Morgan fingerprint density at radius 2 is 1.90 bits per heavy atom. The van der Waals surface area contributed by atoms with E-state index in [0.29, 0.717) is 17.9 Å². The van der Waals surface area contributed by atoms with Gasteiger partial charge in [-0.1, -0.05) is 24.3 Å². The fourth-order valence-electron chi connectivity index (χ4n) is 2.44. The molecule has 2 aromatic carbocycles. The summed E-state index contributed by atoms with van der Waals surface area (Å²) in [5.74, 6) is 0.700. The molecule has 1 aliphatic heterocycles. The molecule has 0 saturated carbocycles. The third kappa shape index (κ3) is 2.68. The molecule has 2 nitrogen and oxygen atoms in total. The summed E-state index contributed by atoms with van der Waals surface area (Å²) in [6.07, 6.45) is -4.77. The second kappa shape index (κ2) is 4.98. The molecular weight excluding hydrogens is 279 g/mol. The van der Waals surface area contributed by atoms with E-state index in [2.05, 4.69) is 5.32 Å². The van der Waals surface area contributed by atoms with E-state index in [-0.39, 0.29) is 0 Å². The fraction of sp³-hybridized carbons (Fsp3) is 0.250. The summed E-state index contributed by atoms with van der Waals surface area (Å²) in [6, 6.07) is 11.0. The number of aryl methyl sites for hydroxylation is 1. The van der Waals surface area contributed by atoms with Crippen molar-refractivity contribution in [3.05, 3.63) is 59.2 Å². The molecule has 0 bridgehead atoms. The Kier molecular flexibility index (Phi) is 3.27. The molecule has 2 aromatic rings. The second-order valence-electron chi connectivity index (χ2n) is 5.06. The lowest BCUT2D eigenvalue weighted by Crippen LogP contribution is -2.24. The molecule has 0 fully saturated rings. The first-order chi connectivity index (χ1) is 9.95. The zero-order chi connectivity index (χ0) is 15.0. The SMILES string of the molecule is Cc1cccc2c1OC(c1cccc(C(F)(F)F)c1)CN2. The molecule has 0 aromatic heterocycles. The van der Waals surface area contributed by atoms with Gasteiger partial charge in [0, 0.05) is 0 Å². The summed E-state index contributed by atoms with van der Waals surface area (Å²) >= 11 is 0. The highest BCUT2D eigenvalue weighted by atomic mass is 19.4. The minimum absolute atomic E-state index is 0.430. The van der Waals surface area contributed by atoms with Gasteiger partial charge in [-0.3, -0.25) is 0 Å². The number of anilines is 1. The highest BCUT2D eigenvalue weighted by Crippen LogP contribution is 2.38. The van der Waals surface area contributed by atoms with E-state index >= 15 is 0 Å². The van der Waals surface area contributed by atoms with Gasteiger partial charge in [0.1, 0.15) is 11.9 Å². The number of nitrogens with one attached hydrogen (secondary N) is 1. The first-order valence-electron chi connectivity index (χ1n) is 6.62. The van der Waals surface area contributed by atoms with Crippen molar-refractivity contribution in [2.24, 2.45) is 0 Å². The van der Waals surface area contributed by atoms with Crippen LogP contribution in [-0.4, -0.2) is 6.54 Å². The number of ether oxygens (including phenoxy) is 1. The Morgan fingerprint density at radius 3 is 2.67 bits per heavy atom. The number of hydrogen-bond acceptors (Lipinski definition) is 2. The van der Waals surface area contributed by atoms with E-state index in [4.69, 9.17) is 4.74 Å². The third-order valence-electron chi connectivity index (χ3n) is 3.54. The Labute approximate surface area is 120 Å². The zero-order valence-corrected chi connectivity index (χ0v) is 11.4. The maximum atomic E-state index is 12.8. The summed E-state index contributed by atoms with van der Waals surface area (Å²) < 4.78 is 44.2. The van der Waals surface area contributed by atoms with Crippen molar-refractivity contribution in [2.75, 3.05) is 11.9 Å². The molecule has 0 spiro atoms. The first kappa shape index (κ1) is 13.8. The molecule has 21 heavy (non-hydrogen) atoms. The van der Waals surface area contributed by atoms with Gasteiger partial charge in [-0.05, 0) is 36.2 Å². The average molecular weight is 293 g/mol. The van der Waals surface area contributed by atoms with Crippen LogP contribution < -0.4 is 10.1 Å². The average Bonchev–Trinajstić information content (AvgIpc) is 2.47. The van der Waals surface area contributed by atoms with Crippen LogP contribution in [0.5, 0.6) is 5.75 Å². The van der Waals surface area contributed by atoms with Crippen molar-refractivity contribution in [3.8, 4) is 5.75 Å². The Morgan fingerprint density at radius 1 is 1.14 bits per heavy atom. The van der Waals surface area contributed by atoms with Crippen LogP contribution in [-0.2, 0) is 6.18 Å². The molecular formula is C16H14F3NO. The lowest BCUT2D eigenvalue weighted by atomic mass is 10.0. The van der Waals surface area contributed by atoms with Crippen molar-refractivity contribution in [2.45, 2.75) is 19.2 Å². The van der Waals surface area contributed by atoms with Gasteiger partial charge in [0.25, 0.3) is 0 Å². The third-order valence-corrected chi connectivity index (χ3v) is 3.54. The van der Waals surface area contributed by atoms with Crippen LogP contribution in [0.4, 0.5) is 18.9 Å². The molecule has 0 aliphatic carbocycles. The molecule has 5 heteroatoms. The van der Waals surface area contributed by atoms with E-state index in [0.717, 1.165) is 23.4 Å². The summed E-state index contributed by atoms with van der Waals surface area (Å²) in [5.41, 5.74) is 1.69. The van der Waals surface area contributed by atoms with Crippen molar-refractivity contribution in [1.29, 1.82) is 0 Å². The van der Waals surface area contributed by atoms with Gasteiger partial charge in [0.15, 0.2) is 0 Å². The number of alkyl halides is 3. The summed E-state index contributed by atoms with van der Waals surface area (Å²) in [7, 11) is 0.